The maximum atomic E-state index is 11.7. The second kappa shape index (κ2) is 5.83. The maximum absolute atomic E-state index is 11.7. The van der Waals surface area contributed by atoms with Crippen LogP contribution in [0.1, 0.15) is 52.4 Å². The Bertz CT molecular complexity index is 304. The van der Waals surface area contributed by atoms with Gasteiger partial charge in [0.05, 0.1) is 0 Å². The third kappa shape index (κ3) is 3.21. The standard InChI is InChI=1S/C14H25NO2S/c1-10(2)18-9-7-11-4-3-8-14(11,13(16)17)15-12-5-6-12/h10-12,15H,3-9H2,1-2H3,(H,16,17). The lowest BCUT2D eigenvalue weighted by atomic mass is 9.85. The fourth-order valence-corrected chi connectivity index (χ4v) is 3.93. The summed E-state index contributed by atoms with van der Waals surface area (Å²) < 4.78 is 0. The Morgan fingerprint density at radius 2 is 2.17 bits per heavy atom. The number of carbonyl (C=O) groups is 1. The SMILES string of the molecule is CC(C)SCCC1CCCC1(NC1CC1)C(=O)O. The van der Waals surface area contributed by atoms with E-state index >= 15 is 0 Å². The molecular weight excluding hydrogens is 246 g/mol. The van der Waals surface area contributed by atoms with Crippen molar-refractivity contribution in [3.63, 3.8) is 0 Å². The van der Waals surface area contributed by atoms with Crippen molar-refractivity contribution in [3.8, 4) is 0 Å². The van der Waals surface area contributed by atoms with Crippen molar-refractivity contribution in [2.75, 3.05) is 5.75 Å². The second-order valence-corrected chi connectivity index (χ2v) is 7.68. The number of nitrogens with one attached hydrogen (secondary N) is 1. The van der Waals surface area contributed by atoms with Gasteiger partial charge in [0.2, 0.25) is 0 Å². The van der Waals surface area contributed by atoms with Crippen LogP contribution in [0, 0.1) is 5.92 Å². The summed E-state index contributed by atoms with van der Waals surface area (Å²) in [5.74, 6) is 0.789. The summed E-state index contributed by atoms with van der Waals surface area (Å²) in [6.07, 6.45) is 6.30. The first kappa shape index (κ1) is 14.2. The van der Waals surface area contributed by atoms with Crippen LogP contribution in [-0.4, -0.2) is 33.7 Å². The molecule has 2 rings (SSSR count). The van der Waals surface area contributed by atoms with Crippen LogP contribution in [0.25, 0.3) is 0 Å². The molecular formula is C14H25NO2S. The molecule has 0 radical (unpaired) electrons. The fourth-order valence-electron chi connectivity index (χ4n) is 3.04. The van der Waals surface area contributed by atoms with Crippen LogP contribution in [0.15, 0.2) is 0 Å². The van der Waals surface area contributed by atoms with Crippen molar-refractivity contribution in [2.45, 2.75) is 69.2 Å². The average Bonchev–Trinajstić information content (AvgIpc) is 2.99. The Kier molecular flexibility index (Phi) is 4.59. The highest BCUT2D eigenvalue weighted by atomic mass is 32.2. The van der Waals surface area contributed by atoms with Gasteiger partial charge >= 0.3 is 5.97 Å². The van der Waals surface area contributed by atoms with Gasteiger partial charge in [-0.3, -0.25) is 10.1 Å². The molecule has 2 atom stereocenters. The molecule has 0 bridgehead atoms. The van der Waals surface area contributed by atoms with Crippen molar-refractivity contribution in [1.29, 1.82) is 0 Å². The van der Waals surface area contributed by atoms with Crippen LogP contribution in [0.2, 0.25) is 0 Å². The number of hydrogen-bond acceptors (Lipinski definition) is 3. The van der Waals surface area contributed by atoms with E-state index in [1.165, 1.54) is 0 Å². The quantitative estimate of drug-likeness (QED) is 0.747. The zero-order valence-corrected chi connectivity index (χ0v) is 12.3. The van der Waals surface area contributed by atoms with Gasteiger partial charge in [-0.25, -0.2) is 0 Å². The van der Waals surface area contributed by atoms with Gasteiger partial charge in [0.25, 0.3) is 0 Å². The van der Waals surface area contributed by atoms with Gasteiger partial charge in [0.15, 0.2) is 0 Å². The number of rotatable bonds is 7. The van der Waals surface area contributed by atoms with Crippen LogP contribution < -0.4 is 5.32 Å². The summed E-state index contributed by atoms with van der Waals surface area (Å²) in [6, 6.07) is 0.472. The zero-order valence-electron chi connectivity index (χ0n) is 11.4. The largest absolute Gasteiger partial charge is 0.480 e. The van der Waals surface area contributed by atoms with Crippen molar-refractivity contribution in [2.24, 2.45) is 5.92 Å². The van der Waals surface area contributed by atoms with Crippen molar-refractivity contribution >= 4 is 17.7 Å². The molecule has 4 heteroatoms. The third-order valence-corrected chi connectivity index (χ3v) is 5.30. The van der Waals surface area contributed by atoms with Gasteiger partial charge in [-0.05, 0) is 49.0 Å². The monoisotopic (exact) mass is 271 g/mol. The summed E-state index contributed by atoms with van der Waals surface area (Å²) in [7, 11) is 0. The molecule has 2 unspecified atom stereocenters. The number of thioether (sulfide) groups is 1. The van der Waals surface area contributed by atoms with Crippen LogP contribution in [0.3, 0.4) is 0 Å². The van der Waals surface area contributed by atoms with Crippen molar-refractivity contribution < 1.29 is 9.90 Å². The Balaban J connectivity index is 1.95. The molecule has 3 nitrogen and oxygen atoms in total. The summed E-state index contributed by atoms with van der Waals surface area (Å²) in [5.41, 5.74) is -0.612. The van der Waals surface area contributed by atoms with E-state index in [1.807, 2.05) is 11.8 Å². The fraction of sp³-hybridized carbons (Fsp3) is 0.929. The molecule has 0 heterocycles. The summed E-state index contributed by atoms with van der Waals surface area (Å²) in [5, 5.41) is 13.7. The summed E-state index contributed by atoms with van der Waals surface area (Å²) in [6.45, 7) is 4.40. The molecule has 0 spiro atoms. The molecule has 2 saturated carbocycles. The molecule has 0 saturated heterocycles. The second-order valence-electron chi connectivity index (χ2n) is 5.99. The van der Waals surface area contributed by atoms with Crippen LogP contribution >= 0.6 is 11.8 Å². The van der Waals surface area contributed by atoms with Crippen LogP contribution in [0.5, 0.6) is 0 Å². The lowest BCUT2D eigenvalue weighted by molar-refractivity contribution is -0.146. The molecule has 0 amide bonds. The van der Waals surface area contributed by atoms with E-state index in [0.29, 0.717) is 17.2 Å². The molecule has 0 aliphatic heterocycles. The number of aliphatic carboxylic acids is 1. The average molecular weight is 271 g/mol. The highest BCUT2D eigenvalue weighted by molar-refractivity contribution is 7.99. The third-order valence-electron chi connectivity index (χ3n) is 4.16. The molecule has 0 aromatic rings. The number of hydrogen-bond donors (Lipinski definition) is 2. The van der Waals surface area contributed by atoms with Gasteiger partial charge in [0, 0.05) is 6.04 Å². The summed E-state index contributed by atoms with van der Waals surface area (Å²) in [4.78, 5) is 11.7. The Morgan fingerprint density at radius 1 is 1.44 bits per heavy atom. The molecule has 2 fully saturated rings. The normalized spacial score (nSPS) is 32.1. The van der Waals surface area contributed by atoms with E-state index in [-0.39, 0.29) is 0 Å². The van der Waals surface area contributed by atoms with E-state index in [0.717, 1.165) is 44.3 Å². The van der Waals surface area contributed by atoms with Gasteiger partial charge in [-0.15, -0.1) is 0 Å². The van der Waals surface area contributed by atoms with E-state index < -0.39 is 11.5 Å². The first-order chi connectivity index (χ1) is 8.54. The molecule has 104 valence electrons. The summed E-state index contributed by atoms with van der Waals surface area (Å²) >= 11 is 1.94. The molecule has 18 heavy (non-hydrogen) atoms. The van der Waals surface area contributed by atoms with Crippen LogP contribution in [0.4, 0.5) is 0 Å². The highest BCUT2D eigenvalue weighted by Gasteiger charge is 2.50. The maximum Gasteiger partial charge on any atom is 0.324 e. The van der Waals surface area contributed by atoms with E-state index in [4.69, 9.17) is 0 Å². The highest BCUT2D eigenvalue weighted by Crippen LogP contribution is 2.41. The first-order valence-corrected chi connectivity index (χ1v) is 8.22. The lowest BCUT2D eigenvalue weighted by Gasteiger charge is -2.33. The molecule has 2 aliphatic rings. The van der Waals surface area contributed by atoms with Gasteiger partial charge < -0.3 is 5.11 Å². The minimum absolute atomic E-state index is 0.321. The zero-order chi connectivity index (χ0) is 13.2. The topological polar surface area (TPSA) is 49.3 Å². The molecule has 0 aromatic carbocycles. The molecule has 2 N–H and O–H groups in total. The van der Waals surface area contributed by atoms with Crippen molar-refractivity contribution in [3.05, 3.63) is 0 Å². The van der Waals surface area contributed by atoms with E-state index in [9.17, 15) is 9.90 Å². The predicted octanol–water partition coefficient (Wildman–Crippen LogP) is 2.89. The van der Waals surface area contributed by atoms with Gasteiger partial charge in [-0.1, -0.05) is 20.3 Å². The van der Waals surface area contributed by atoms with E-state index in [2.05, 4.69) is 19.2 Å². The Morgan fingerprint density at radius 3 is 2.72 bits per heavy atom. The number of carboxylic acids is 1. The van der Waals surface area contributed by atoms with Crippen molar-refractivity contribution in [1.82, 2.24) is 5.32 Å². The van der Waals surface area contributed by atoms with E-state index in [1.54, 1.807) is 0 Å². The number of carboxylic acid groups (broad SMARTS) is 1. The minimum Gasteiger partial charge on any atom is -0.480 e. The molecule has 2 aliphatic carbocycles. The first-order valence-electron chi connectivity index (χ1n) is 7.17. The predicted molar refractivity (Wildman–Crippen MR) is 76.1 cm³/mol. The molecule has 0 aromatic heterocycles. The lowest BCUT2D eigenvalue weighted by Crippen LogP contribution is -2.55. The van der Waals surface area contributed by atoms with Gasteiger partial charge in [0.1, 0.15) is 5.54 Å². The Labute approximate surface area is 114 Å². The Hall–Kier alpha value is -0.220. The minimum atomic E-state index is -0.619. The smallest absolute Gasteiger partial charge is 0.324 e. The van der Waals surface area contributed by atoms with Crippen LogP contribution in [-0.2, 0) is 4.79 Å². The van der Waals surface area contributed by atoms with Gasteiger partial charge in [-0.2, -0.15) is 11.8 Å².